The number of halogens is 1. The molecule has 0 saturated heterocycles. The maximum Gasteiger partial charge on any atom is 0.279 e. The van der Waals surface area contributed by atoms with Crippen molar-refractivity contribution >= 4 is 17.0 Å². The third-order valence-electron chi connectivity index (χ3n) is 4.83. The van der Waals surface area contributed by atoms with Gasteiger partial charge in [0.05, 0.1) is 11.1 Å². The van der Waals surface area contributed by atoms with Crippen LogP contribution in [0, 0.1) is 11.0 Å². The summed E-state index contributed by atoms with van der Waals surface area (Å²) in [5, 5.41) is 17.7. The van der Waals surface area contributed by atoms with Gasteiger partial charge in [-0.3, -0.25) is 4.79 Å². The van der Waals surface area contributed by atoms with Gasteiger partial charge in [0.2, 0.25) is 0 Å². The van der Waals surface area contributed by atoms with Crippen molar-refractivity contribution in [1.29, 1.82) is 0 Å². The molecular formula is C24H20FN3O2. The molecule has 3 aromatic carbocycles. The van der Waals surface area contributed by atoms with Crippen LogP contribution in [-0.2, 0) is 0 Å². The van der Waals surface area contributed by atoms with E-state index in [0.717, 1.165) is 15.0 Å². The van der Waals surface area contributed by atoms with Crippen molar-refractivity contribution in [2.24, 2.45) is 0 Å². The quantitative estimate of drug-likeness (QED) is 0.218. The van der Waals surface area contributed by atoms with Crippen LogP contribution in [0.25, 0.3) is 27.7 Å². The van der Waals surface area contributed by atoms with Crippen molar-refractivity contribution in [3.8, 4) is 16.9 Å². The van der Waals surface area contributed by atoms with Gasteiger partial charge in [-0.2, -0.15) is 9.78 Å². The average Bonchev–Trinajstić information content (AvgIpc) is 2.75. The summed E-state index contributed by atoms with van der Waals surface area (Å²) in [6.07, 6.45) is 1.52. The molecule has 5 nitrogen and oxygen atoms in total. The van der Waals surface area contributed by atoms with Crippen LogP contribution in [0.5, 0.6) is 0 Å². The molecule has 6 heteroatoms. The molecule has 0 radical (unpaired) electrons. The molecule has 30 heavy (non-hydrogen) atoms. The number of nitrogens with zero attached hydrogens (tertiary/aromatic N) is 3. The first kappa shape index (κ1) is 19.5. The summed E-state index contributed by atoms with van der Waals surface area (Å²) in [4.78, 5) is 13.0. The van der Waals surface area contributed by atoms with Crippen LogP contribution in [0.2, 0.25) is 0 Å². The molecule has 0 aliphatic heterocycles. The largest absolute Gasteiger partial charge is 0.624 e. The first-order valence-corrected chi connectivity index (χ1v) is 9.63. The molecule has 0 bridgehead atoms. The Morgan fingerprint density at radius 2 is 1.70 bits per heavy atom. The Balaban J connectivity index is 1.99. The molecule has 0 aliphatic rings. The molecule has 0 amide bonds. The molecule has 4 rings (SSSR count). The predicted octanol–water partition coefficient (Wildman–Crippen LogP) is 4.53. The normalized spacial score (nSPS) is 11.9. The number of para-hydroxylation sites is 1. The standard InChI is InChI=1S/C24H20FN3O2/c1-16(2)27(30)15-17-8-7-9-18(14-17)23-19-10-3-4-11-20(19)24(29)28(26-23)22-13-6-5-12-21(22)25/h3-16H,1-2H3/b27-15+. The molecule has 0 unspecified atom stereocenters. The molecular weight excluding hydrogens is 381 g/mol. The van der Waals surface area contributed by atoms with E-state index in [2.05, 4.69) is 5.10 Å². The van der Waals surface area contributed by atoms with E-state index >= 15 is 0 Å². The highest BCUT2D eigenvalue weighted by Gasteiger charge is 2.15. The summed E-state index contributed by atoms with van der Waals surface area (Å²) < 4.78 is 16.4. The number of hydroxylamine groups is 1. The fourth-order valence-corrected chi connectivity index (χ4v) is 3.25. The monoisotopic (exact) mass is 401 g/mol. The Hall–Kier alpha value is -3.80. The van der Waals surface area contributed by atoms with Gasteiger partial charge in [0, 0.05) is 16.5 Å². The number of hydrogen-bond donors (Lipinski definition) is 0. The van der Waals surface area contributed by atoms with Gasteiger partial charge in [-0.05, 0) is 44.2 Å². The van der Waals surface area contributed by atoms with Gasteiger partial charge in [0.25, 0.3) is 5.56 Å². The summed E-state index contributed by atoms with van der Waals surface area (Å²) in [5.41, 5.74) is 1.66. The predicted molar refractivity (Wildman–Crippen MR) is 117 cm³/mol. The van der Waals surface area contributed by atoms with Gasteiger partial charge in [0.15, 0.2) is 12.3 Å². The van der Waals surface area contributed by atoms with E-state index < -0.39 is 11.4 Å². The average molecular weight is 401 g/mol. The Bertz CT molecular complexity index is 1330. The second kappa shape index (κ2) is 7.91. The number of hydrogen-bond acceptors (Lipinski definition) is 3. The van der Waals surface area contributed by atoms with Crippen molar-refractivity contribution in [1.82, 2.24) is 9.78 Å². The van der Waals surface area contributed by atoms with E-state index in [4.69, 9.17) is 0 Å². The summed E-state index contributed by atoms with van der Waals surface area (Å²) in [5.74, 6) is -0.533. The fourth-order valence-electron chi connectivity index (χ4n) is 3.25. The number of rotatable bonds is 4. The molecule has 1 aromatic heterocycles. The molecule has 1 heterocycles. The van der Waals surface area contributed by atoms with E-state index in [0.29, 0.717) is 22.0 Å². The molecule has 0 saturated carbocycles. The maximum absolute atomic E-state index is 14.4. The van der Waals surface area contributed by atoms with Crippen LogP contribution >= 0.6 is 0 Å². The molecule has 0 aliphatic carbocycles. The number of aromatic nitrogens is 2. The third-order valence-corrected chi connectivity index (χ3v) is 4.83. The molecule has 0 N–H and O–H groups in total. The van der Waals surface area contributed by atoms with Gasteiger partial charge in [-0.1, -0.05) is 42.5 Å². The van der Waals surface area contributed by atoms with E-state index in [1.54, 1.807) is 24.3 Å². The first-order valence-electron chi connectivity index (χ1n) is 9.63. The second-order valence-corrected chi connectivity index (χ2v) is 7.27. The van der Waals surface area contributed by atoms with E-state index in [1.165, 1.54) is 18.3 Å². The minimum Gasteiger partial charge on any atom is -0.624 e. The fraction of sp³-hybridized carbons (Fsp3) is 0.125. The smallest absolute Gasteiger partial charge is 0.279 e. The van der Waals surface area contributed by atoms with Crippen LogP contribution in [0.15, 0.2) is 77.6 Å². The zero-order valence-corrected chi connectivity index (χ0v) is 16.6. The van der Waals surface area contributed by atoms with Gasteiger partial charge < -0.3 is 5.21 Å². The highest BCUT2D eigenvalue weighted by atomic mass is 19.1. The molecule has 0 spiro atoms. The topological polar surface area (TPSA) is 61.0 Å². The van der Waals surface area contributed by atoms with E-state index in [1.807, 2.05) is 50.2 Å². The van der Waals surface area contributed by atoms with Crippen molar-refractivity contribution in [3.05, 3.63) is 99.7 Å². The Kier molecular flexibility index (Phi) is 5.14. The van der Waals surface area contributed by atoms with Gasteiger partial charge in [-0.15, -0.1) is 0 Å². The van der Waals surface area contributed by atoms with Crippen LogP contribution in [0.1, 0.15) is 19.4 Å². The zero-order chi connectivity index (χ0) is 21.3. The van der Waals surface area contributed by atoms with Crippen molar-refractivity contribution in [2.75, 3.05) is 0 Å². The lowest BCUT2D eigenvalue weighted by Gasteiger charge is -2.12. The zero-order valence-electron chi connectivity index (χ0n) is 16.6. The van der Waals surface area contributed by atoms with Crippen LogP contribution < -0.4 is 5.56 Å². The highest BCUT2D eigenvalue weighted by molar-refractivity contribution is 5.94. The number of benzene rings is 3. The van der Waals surface area contributed by atoms with Gasteiger partial charge in [-0.25, -0.2) is 9.13 Å². The van der Waals surface area contributed by atoms with Crippen molar-refractivity contribution in [2.45, 2.75) is 19.9 Å². The SMILES string of the molecule is CC(C)/[N+]([O-])=C\c1cccc(-c2nn(-c3ccccc3F)c(=O)c3ccccc23)c1. The van der Waals surface area contributed by atoms with Crippen molar-refractivity contribution < 1.29 is 9.13 Å². The van der Waals surface area contributed by atoms with Crippen molar-refractivity contribution in [3.63, 3.8) is 0 Å². The summed E-state index contributed by atoms with van der Waals surface area (Å²) in [7, 11) is 0. The summed E-state index contributed by atoms with van der Waals surface area (Å²) in [6.45, 7) is 3.62. The van der Waals surface area contributed by atoms with Gasteiger partial charge in [0.1, 0.15) is 11.5 Å². The highest BCUT2D eigenvalue weighted by Crippen LogP contribution is 2.26. The minimum absolute atomic E-state index is 0.0859. The van der Waals surface area contributed by atoms with Crippen LogP contribution in [-0.4, -0.2) is 26.8 Å². The third kappa shape index (κ3) is 3.59. The molecule has 0 fully saturated rings. The molecule has 150 valence electrons. The van der Waals surface area contributed by atoms with Gasteiger partial charge >= 0.3 is 0 Å². The second-order valence-electron chi connectivity index (χ2n) is 7.27. The van der Waals surface area contributed by atoms with Crippen LogP contribution in [0.4, 0.5) is 4.39 Å². The molecule has 0 atom stereocenters. The lowest BCUT2D eigenvalue weighted by atomic mass is 10.0. The summed E-state index contributed by atoms with van der Waals surface area (Å²) >= 11 is 0. The summed E-state index contributed by atoms with van der Waals surface area (Å²) in [6, 6.07) is 20.3. The molecule has 4 aromatic rings. The Morgan fingerprint density at radius 1 is 1.00 bits per heavy atom. The Morgan fingerprint density at radius 3 is 2.43 bits per heavy atom. The first-order chi connectivity index (χ1) is 14.5. The minimum atomic E-state index is -0.533. The Labute approximate surface area is 172 Å². The van der Waals surface area contributed by atoms with Crippen LogP contribution in [0.3, 0.4) is 0 Å². The van der Waals surface area contributed by atoms with E-state index in [-0.39, 0.29) is 11.7 Å². The lowest BCUT2D eigenvalue weighted by Crippen LogP contribution is -2.23. The van der Waals surface area contributed by atoms with E-state index in [9.17, 15) is 14.4 Å². The number of fused-ring (bicyclic) bond motifs is 1. The maximum atomic E-state index is 14.4. The lowest BCUT2D eigenvalue weighted by molar-refractivity contribution is -0.487.